The summed E-state index contributed by atoms with van der Waals surface area (Å²) < 4.78 is 50.9. The Morgan fingerprint density at radius 2 is 1.83 bits per heavy atom. The number of rotatable bonds is 1. The van der Waals surface area contributed by atoms with Gasteiger partial charge in [-0.1, -0.05) is 6.07 Å². The van der Waals surface area contributed by atoms with E-state index in [1.165, 1.54) is 6.07 Å². The topological polar surface area (TPSA) is 12.0 Å². The molecule has 2 aliphatic rings. The lowest BCUT2D eigenvalue weighted by Gasteiger charge is -2.54. The largest absolute Gasteiger partial charge is 0.416 e. The van der Waals surface area contributed by atoms with E-state index >= 15 is 0 Å². The molecule has 1 heterocycles. The molecule has 98 valence electrons. The Morgan fingerprint density at radius 3 is 2.28 bits per heavy atom. The summed E-state index contributed by atoms with van der Waals surface area (Å²) in [7, 11) is 0. The first kappa shape index (κ1) is 12.0. The van der Waals surface area contributed by atoms with Crippen LogP contribution in [-0.4, -0.2) is 13.1 Å². The van der Waals surface area contributed by atoms with Crippen LogP contribution in [0.1, 0.15) is 29.9 Å². The van der Waals surface area contributed by atoms with E-state index in [0.717, 1.165) is 32.0 Å². The minimum atomic E-state index is -4.47. The molecule has 2 fully saturated rings. The van der Waals surface area contributed by atoms with Crippen LogP contribution < -0.4 is 5.32 Å². The maximum atomic E-state index is 13.7. The molecule has 1 N–H and O–H groups in total. The van der Waals surface area contributed by atoms with Gasteiger partial charge in [0.25, 0.3) is 0 Å². The van der Waals surface area contributed by atoms with Crippen molar-refractivity contribution in [3.8, 4) is 0 Å². The van der Waals surface area contributed by atoms with Crippen LogP contribution in [0, 0.1) is 11.2 Å². The number of benzene rings is 1. The molecule has 0 atom stereocenters. The number of hydrogen-bond donors (Lipinski definition) is 1. The van der Waals surface area contributed by atoms with E-state index in [1.807, 2.05) is 0 Å². The molecule has 1 saturated heterocycles. The Labute approximate surface area is 102 Å². The molecule has 0 unspecified atom stereocenters. The Bertz CT molecular complexity index is 468. The van der Waals surface area contributed by atoms with Crippen LogP contribution in [0.2, 0.25) is 0 Å². The van der Waals surface area contributed by atoms with Gasteiger partial charge in [-0.05, 0) is 41.9 Å². The van der Waals surface area contributed by atoms with Gasteiger partial charge in [0, 0.05) is 13.1 Å². The summed E-state index contributed by atoms with van der Waals surface area (Å²) in [5.74, 6) is -0.647. The molecule has 1 spiro atoms. The van der Waals surface area contributed by atoms with E-state index in [-0.39, 0.29) is 5.92 Å². The Kier molecular flexibility index (Phi) is 2.46. The maximum absolute atomic E-state index is 13.7. The van der Waals surface area contributed by atoms with Gasteiger partial charge in [-0.2, -0.15) is 13.2 Å². The van der Waals surface area contributed by atoms with E-state index < -0.39 is 17.6 Å². The van der Waals surface area contributed by atoms with Crippen molar-refractivity contribution < 1.29 is 17.6 Å². The number of nitrogens with one attached hydrogen (secondary N) is 1. The van der Waals surface area contributed by atoms with E-state index in [4.69, 9.17) is 0 Å². The van der Waals surface area contributed by atoms with E-state index in [2.05, 4.69) is 5.32 Å². The lowest BCUT2D eigenvalue weighted by molar-refractivity contribution is -0.137. The first-order chi connectivity index (χ1) is 8.40. The van der Waals surface area contributed by atoms with Gasteiger partial charge in [0.1, 0.15) is 5.82 Å². The van der Waals surface area contributed by atoms with Gasteiger partial charge >= 0.3 is 6.18 Å². The number of alkyl halides is 3. The van der Waals surface area contributed by atoms with Gasteiger partial charge in [0.2, 0.25) is 0 Å². The summed E-state index contributed by atoms with van der Waals surface area (Å²) in [6.45, 7) is 1.90. The van der Waals surface area contributed by atoms with Crippen LogP contribution in [0.5, 0.6) is 0 Å². The predicted octanol–water partition coefficient (Wildman–Crippen LogP) is 3.31. The highest BCUT2D eigenvalue weighted by Gasteiger charge is 2.49. The van der Waals surface area contributed by atoms with Crippen LogP contribution in [0.25, 0.3) is 0 Å². The second kappa shape index (κ2) is 3.70. The van der Waals surface area contributed by atoms with Crippen molar-refractivity contribution in [1.29, 1.82) is 0 Å². The van der Waals surface area contributed by atoms with Crippen molar-refractivity contribution in [1.82, 2.24) is 5.32 Å². The molecule has 1 nitrogen and oxygen atoms in total. The monoisotopic (exact) mass is 259 g/mol. The van der Waals surface area contributed by atoms with Gasteiger partial charge in [0.15, 0.2) is 0 Å². The molecule has 1 aromatic rings. The van der Waals surface area contributed by atoms with Crippen molar-refractivity contribution in [2.45, 2.75) is 24.9 Å². The third-order valence-electron chi connectivity index (χ3n) is 4.13. The molecule has 1 saturated carbocycles. The SMILES string of the molecule is Fc1cc(C(F)(F)F)ccc1C1CC2(CNC2)C1. The number of hydrogen-bond acceptors (Lipinski definition) is 1. The standard InChI is InChI=1S/C13H13F4N/c14-11-3-9(13(15,16)17)1-2-10(11)8-4-12(5-8)6-18-7-12/h1-3,8,18H,4-7H2. The van der Waals surface area contributed by atoms with Crippen LogP contribution in [0.3, 0.4) is 0 Å². The molecule has 1 aliphatic carbocycles. The second-order valence-corrected chi connectivity index (χ2v) is 5.44. The first-order valence-electron chi connectivity index (χ1n) is 5.97. The third kappa shape index (κ3) is 1.81. The van der Waals surface area contributed by atoms with Crippen molar-refractivity contribution in [2.75, 3.05) is 13.1 Å². The zero-order valence-electron chi connectivity index (χ0n) is 9.65. The molecule has 1 aliphatic heterocycles. The smallest absolute Gasteiger partial charge is 0.316 e. The van der Waals surface area contributed by atoms with Crippen molar-refractivity contribution in [2.24, 2.45) is 5.41 Å². The van der Waals surface area contributed by atoms with E-state index in [9.17, 15) is 17.6 Å². The summed E-state index contributed by atoms with van der Waals surface area (Å²) in [6, 6.07) is 2.88. The van der Waals surface area contributed by atoms with Gasteiger partial charge in [-0.3, -0.25) is 0 Å². The average Bonchev–Trinajstić information content (AvgIpc) is 2.14. The molecule has 0 amide bonds. The molecule has 0 aromatic heterocycles. The van der Waals surface area contributed by atoms with E-state index in [0.29, 0.717) is 17.0 Å². The lowest BCUT2D eigenvalue weighted by Crippen LogP contribution is -2.59. The highest BCUT2D eigenvalue weighted by Crippen LogP contribution is 2.53. The van der Waals surface area contributed by atoms with Crippen LogP contribution in [0.15, 0.2) is 18.2 Å². The van der Waals surface area contributed by atoms with E-state index in [1.54, 1.807) is 0 Å². The fourth-order valence-corrected chi connectivity index (χ4v) is 3.01. The fraction of sp³-hybridized carbons (Fsp3) is 0.538. The third-order valence-corrected chi connectivity index (χ3v) is 4.13. The first-order valence-corrected chi connectivity index (χ1v) is 5.97. The zero-order chi connectivity index (χ0) is 13.0. The molecule has 0 radical (unpaired) electrons. The predicted molar refractivity (Wildman–Crippen MR) is 58.7 cm³/mol. The van der Waals surface area contributed by atoms with Crippen molar-refractivity contribution in [3.05, 3.63) is 35.1 Å². The summed E-state index contributed by atoms with van der Waals surface area (Å²) in [5.41, 5.74) is -0.191. The lowest BCUT2D eigenvalue weighted by atomic mass is 9.57. The maximum Gasteiger partial charge on any atom is 0.416 e. The molecular formula is C13H13F4N. The Morgan fingerprint density at radius 1 is 1.17 bits per heavy atom. The molecule has 3 rings (SSSR count). The molecule has 18 heavy (non-hydrogen) atoms. The zero-order valence-corrected chi connectivity index (χ0v) is 9.65. The Hall–Kier alpha value is -1.10. The summed E-state index contributed by atoms with van der Waals surface area (Å²) in [4.78, 5) is 0. The normalized spacial score (nSPS) is 22.7. The highest BCUT2D eigenvalue weighted by molar-refractivity contribution is 5.31. The van der Waals surface area contributed by atoms with Crippen LogP contribution in [0.4, 0.5) is 17.6 Å². The second-order valence-electron chi connectivity index (χ2n) is 5.44. The summed E-state index contributed by atoms with van der Waals surface area (Å²) in [6.07, 6.45) is -2.72. The minimum Gasteiger partial charge on any atom is -0.316 e. The van der Waals surface area contributed by atoms with Gasteiger partial charge < -0.3 is 5.32 Å². The van der Waals surface area contributed by atoms with Crippen LogP contribution in [-0.2, 0) is 6.18 Å². The minimum absolute atomic E-state index is 0.0781. The van der Waals surface area contributed by atoms with Gasteiger partial charge in [0.05, 0.1) is 5.56 Å². The molecule has 0 bridgehead atoms. The van der Waals surface area contributed by atoms with Crippen molar-refractivity contribution >= 4 is 0 Å². The summed E-state index contributed by atoms with van der Waals surface area (Å²) in [5, 5.41) is 3.18. The highest BCUT2D eigenvalue weighted by atomic mass is 19.4. The van der Waals surface area contributed by atoms with Gasteiger partial charge in [-0.15, -0.1) is 0 Å². The fourth-order valence-electron chi connectivity index (χ4n) is 3.01. The molecule has 5 heteroatoms. The Balaban J connectivity index is 1.78. The average molecular weight is 259 g/mol. The molecular weight excluding hydrogens is 246 g/mol. The van der Waals surface area contributed by atoms with Crippen molar-refractivity contribution in [3.63, 3.8) is 0 Å². The van der Waals surface area contributed by atoms with Crippen LogP contribution >= 0.6 is 0 Å². The van der Waals surface area contributed by atoms with Gasteiger partial charge in [-0.25, -0.2) is 4.39 Å². The quantitative estimate of drug-likeness (QED) is 0.763. The summed E-state index contributed by atoms with van der Waals surface area (Å²) >= 11 is 0. The molecule has 1 aromatic carbocycles. The number of halogens is 4.